The predicted octanol–water partition coefficient (Wildman–Crippen LogP) is 4.48. The Hall–Kier alpha value is -1.11. The fourth-order valence-corrected chi connectivity index (χ4v) is 2.90. The molecule has 0 bridgehead atoms. The molecule has 1 aliphatic rings. The highest BCUT2D eigenvalue weighted by Crippen LogP contribution is 2.32. The summed E-state index contributed by atoms with van der Waals surface area (Å²) in [5, 5.41) is 0. The van der Waals surface area contributed by atoms with Crippen molar-refractivity contribution in [2.75, 3.05) is 0 Å². The first-order chi connectivity index (χ1) is 8.27. The molecule has 0 amide bonds. The van der Waals surface area contributed by atoms with Gasteiger partial charge in [-0.25, -0.2) is 0 Å². The second-order valence-electron chi connectivity index (χ2n) is 5.37. The highest BCUT2D eigenvalue weighted by Gasteiger charge is 2.22. The maximum absolute atomic E-state index is 12.1. The normalized spacial score (nSPS) is 18.9. The highest BCUT2D eigenvalue weighted by molar-refractivity contribution is 5.96. The van der Waals surface area contributed by atoms with Crippen LogP contribution in [0.25, 0.3) is 0 Å². The third-order valence-electron chi connectivity index (χ3n) is 4.06. The molecular formula is C16H22O. The van der Waals surface area contributed by atoms with Crippen LogP contribution in [0.5, 0.6) is 0 Å². The van der Waals surface area contributed by atoms with Gasteiger partial charge in [0, 0.05) is 12.0 Å². The Morgan fingerprint density at radius 1 is 1.18 bits per heavy atom. The van der Waals surface area contributed by atoms with E-state index in [-0.39, 0.29) is 0 Å². The maximum Gasteiger partial charge on any atom is 0.163 e. The summed E-state index contributed by atoms with van der Waals surface area (Å²) >= 11 is 0. The molecule has 0 aromatic heterocycles. The van der Waals surface area contributed by atoms with Gasteiger partial charge >= 0.3 is 0 Å². The average molecular weight is 230 g/mol. The van der Waals surface area contributed by atoms with E-state index < -0.39 is 0 Å². The summed E-state index contributed by atoms with van der Waals surface area (Å²) < 4.78 is 0. The molecule has 1 aliphatic carbocycles. The predicted molar refractivity (Wildman–Crippen MR) is 71.1 cm³/mol. The van der Waals surface area contributed by atoms with Gasteiger partial charge in [-0.1, -0.05) is 69.4 Å². The van der Waals surface area contributed by atoms with Crippen LogP contribution in [0.2, 0.25) is 0 Å². The molecule has 0 radical (unpaired) electrons. The standard InChI is InChI=1S/C16H22O/c1-13(14-8-4-2-5-9-14)12-16(17)15-10-6-3-7-11-15/h3,6-7,10-11,13-14H,2,4-5,8-9,12H2,1H3. The van der Waals surface area contributed by atoms with E-state index in [1.54, 1.807) is 0 Å². The quantitative estimate of drug-likeness (QED) is 0.697. The van der Waals surface area contributed by atoms with Gasteiger partial charge in [0.25, 0.3) is 0 Å². The zero-order valence-corrected chi connectivity index (χ0v) is 10.7. The molecule has 1 saturated carbocycles. The van der Waals surface area contributed by atoms with Crippen molar-refractivity contribution in [1.29, 1.82) is 0 Å². The summed E-state index contributed by atoms with van der Waals surface area (Å²) in [7, 11) is 0. The fraction of sp³-hybridized carbons (Fsp3) is 0.562. The van der Waals surface area contributed by atoms with Crippen molar-refractivity contribution < 1.29 is 4.79 Å². The van der Waals surface area contributed by atoms with E-state index in [1.165, 1.54) is 32.1 Å². The first kappa shape index (κ1) is 12.3. The van der Waals surface area contributed by atoms with E-state index >= 15 is 0 Å². The summed E-state index contributed by atoms with van der Waals surface area (Å²) in [6.07, 6.45) is 7.46. The molecule has 0 saturated heterocycles. The largest absolute Gasteiger partial charge is 0.294 e. The summed E-state index contributed by atoms with van der Waals surface area (Å²) in [5.41, 5.74) is 0.871. The molecule has 17 heavy (non-hydrogen) atoms. The van der Waals surface area contributed by atoms with Crippen LogP contribution in [0.4, 0.5) is 0 Å². The van der Waals surface area contributed by atoms with E-state index in [1.807, 2.05) is 30.3 Å². The molecule has 2 rings (SSSR count). The second kappa shape index (κ2) is 6.00. The molecular weight excluding hydrogens is 208 g/mol. The Morgan fingerprint density at radius 2 is 1.82 bits per heavy atom. The topological polar surface area (TPSA) is 17.1 Å². The number of hydrogen-bond donors (Lipinski definition) is 0. The maximum atomic E-state index is 12.1. The molecule has 0 spiro atoms. The molecule has 1 fully saturated rings. The molecule has 1 aromatic carbocycles. The highest BCUT2D eigenvalue weighted by atomic mass is 16.1. The summed E-state index contributed by atoms with van der Waals surface area (Å²) in [5.74, 6) is 1.63. The van der Waals surface area contributed by atoms with Crippen molar-refractivity contribution in [3.63, 3.8) is 0 Å². The molecule has 1 heteroatoms. The van der Waals surface area contributed by atoms with Crippen molar-refractivity contribution in [2.24, 2.45) is 11.8 Å². The number of ketones is 1. The van der Waals surface area contributed by atoms with Crippen molar-refractivity contribution in [1.82, 2.24) is 0 Å². The van der Waals surface area contributed by atoms with Crippen LogP contribution >= 0.6 is 0 Å². The second-order valence-corrected chi connectivity index (χ2v) is 5.37. The van der Waals surface area contributed by atoms with Gasteiger partial charge in [-0.2, -0.15) is 0 Å². The molecule has 1 atom stereocenters. The fourth-order valence-electron chi connectivity index (χ4n) is 2.90. The number of hydrogen-bond acceptors (Lipinski definition) is 1. The van der Waals surface area contributed by atoms with Crippen LogP contribution in [0.15, 0.2) is 30.3 Å². The summed E-state index contributed by atoms with van der Waals surface area (Å²) in [6, 6.07) is 9.70. The van der Waals surface area contributed by atoms with Crippen LogP contribution < -0.4 is 0 Å². The first-order valence-corrected chi connectivity index (χ1v) is 6.85. The Kier molecular flexibility index (Phi) is 4.36. The van der Waals surface area contributed by atoms with Gasteiger partial charge in [-0.05, 0) is 11.8 Å². The molecule has 0 aliphatic heterocycles. The van der Waals surface area contributed by atoms with Crippen molar-refractivity contribution in [3.8, 4) is 0 Å². The lowest BCUT2D eigenvalue weighted by Gasteiger charge is -2.27. The summed E-state index contributed by atoms with van der Waals surface area (Å²) in [4.78, 5) is 12.1. The van der Waals surface area contributed by atoms with E-state index in [0.717, 1.165) is 11.5 Å². The Bertz CT molecular complexity index is 349. The summed E-state index contributed by atoms with van der Waals surface area (Å²) in [6.45, 7) is 2.25. The minimum Gasteiger partial charge on any atom is -0.294 e. The number of carbonyl (C=O) groups excluding carboxylic acids is 1. The first-order valence-electron chi connectivity index (χ1n) is 6.85. The number of carbonyl (C=O) groups is 1. The smallest absolute Gasteiger partial charge is 0.163 e. The lowest BCUT2D eigenvalue weighted by Crippen LogP contribution is -2.18. The molecule has 92 valence electrons. The minimum absolute atomic E-state index is 0.309. The molecule has 0 heterocycles. The van der Waals surface area contributed by atoms with E-state index in [0.29, 0.717) is 18.1 Å². The third kappa shape index (κ3) is 3.42. The van der Waals surface area contributed by atoms with Crippen LogP contribution in [0.3, 0.4) is 0 Å². The van der Waals surface area contributed by atoms with Crippen molar-refractivity contribution in [3.05, 3.63) is 35.9 Å². The van der Waals surface area contributed by atoms with E-state index in [4.69, 9.17) is 0 Å². The Balaban J connectivity index is 1.89. The minimum atomic E-state index is 0.309. The van der Waals surface area contributed by atoms with Gasteiger partial charge in [-0.3, -0.25) is 4.79 Å². The zero-order valence-electron chi connectivity index (χ0n) is 10.7. The van der Waals surface area contributed by atoms with Gasteiger partial charge < -0.3 is 0 Å². The number of benzene rings is 1. The van der Waals surface area contributed by atoms with Gasteiger partial charge in [-0.15, -0.1) is 0 Å². The van der Waals surface area contributed by atoms with E-state index in [9.17, 15) is 4.79 Å². The van der Waals surface area contributed by atoms with Crippen molar-refractivity contribution >= 4 is 5.78 Å². The number of rotatable bonds is 4. The van der Waals surface area contributed by atoms with Gasteiger partial charge in [0.1, 0.15) is 0 Å². The monoisotopic (exact) mass is 230 g/mol. The molecule has 1 aromatic rings. The zero-order chi connectivity index (χ0) is 12.1. The van der Waals surface area contributed by atoms with Crippen LogP contribution in [0, 0.1) is 11.8 Å². The van der Waals surface area contributed by atoms with Gasteiger partial charge in [0.2, 0.25) is 0 Å². The SMILES string of the molecule is CC(CC(=O)c1ccccc1)C1CCCCC1. The Labute approximate surface area is 104 Å². The van der Waals surface area contributed by atoms with Crippen LogP contribution in [-0.4, -0.2) is 5.78 Å². The van der Waals surface area contributed by atoms with Gasteiger partial charge in [0.05, 0.1) is 0 Å². The lowest BCUT2D eigenvalue weighted by atomic mass is 9.78. The average Bonchev–Trinajstić information content (AvgIpc) is 2.40. The third-order valence-corrected chi connectivity index (χ3v) is 4.06. The molecule has 1 nitrogen and oxygen atoms in total. The van der Waals surface area contributed by atoms with Crippen molar-refractivity contribution in [2.45, 2.75) is 45.4 Å². The lowest BCUT2D eigenvalue weighted by molar-refractivity contribution is 0.0939. The molecule has 0 N–H and O–H groups in total. The molecule has 1 unspecified atom stereocenters. The van der Waals surface area contributed by atoms with Gasteiger partial charge in [0.15, 0.2) is 5.78 Å². The Morgan fingerprint density at radius 3 is 2.47 bits per heavy atom. The van der Waals surface area contributed by atoms with E-state index in [2.05, 4.69) is 6.92 Å². The van der Waals surface area contributed by atoms with Crippen LogP contribution in [0.1, 0.15) is 55.8 Å². The van der Waals surface area contributed by atoms with Crippen LogP contribution in [-0.2, 0) is 0 Å². The number of Topliss-reactive ketones (excluding diaryl/α,β-unsaturated/α-hetero) is 1.